The zero-order valence-electron chi connectivity index (χ0n) is 11.8. The van der Waals surface area contributed by atoms with E-state index in [1.54, 1.807) is 0 Å². The molecule has 0 aliphatic carbocycles. The number of halogens is 1. The zero-order valence-corrected chi connectivity index (χ0v) is 12.6. The summed E-state index contributed by atoms with van der Waals surface area (Å²) in [5.74, 6) is 1.52. The maximum absolute atomic E-state index is 11.5. The highest BCUT2D eigenvalue weighted by Gasteiger charge is 2.24. The lowest BCUT2D eigenvalue weighted by Crippen LogP contribution is -2.37. The molecule has 0 unspecified atom stereocenters. The van der Waals surface area contributed by atoms with Crippen LogP contribution < -0.4 is 20.5 Å². The van der Waals surface area contributed by atoms with Crippen molar-refractivity contribution in [1.29, 1.82) is 0 Å². The summed E-state index contributed by atoms with van der Waals surface area (Å²) in [5.41, 5.74) is 6.28. The second-order valence-electron chi connectivity index (χ2n) is 5.27. The first-order valence-corrected chi connectivity index (χ1v) is 6.40. The second-order valence-corrected chi connectivity index (χ2v) is 5.27. The Morgan fingerprint density at radius 2 is 2.05 bits per heavy atom. The largest absolute Gasteiger partial charge is 0.454 e. The summed E-state index contributed by atoms with van der Waals surface area (Å²) in [6.45, 7) is 5.36. The molecule has 0 fully saturated rings. The molecule has 2 rings (SSSR count). The molecule has 0 saturated heterocycles. The number of ether oxygens (including phenoxy) is 2. The van der Waals surface area contributed by atoms with E-state index in [0.29, 0.717) is 19.5 Å². The SMILES string of the molecule is CC(C)(CNC(=O)CCN)c1ccc2c(c1)OCO2.Cl. The zero-order chi connectivity index (χ0) is 13.9. The van der Waals surface area contributed by atoms with Gasteiger partial charge in [-0.25, -0.2) is 0 Å². The third kappa shape index (κ3) is 3.77. The van der Waals surface area contributed by atoms with Gasteiger partial charge in [-0.1, -0.05) is 19.9 Å². The number of fused-ring (bicyclic) bond motifs is 1. The van der Waals surface area contributed by atoms with Crippen LogP contribution in [0, 0.1) is 0 Å². The maximum Gasteiger partial charge on any atom is 0.231 e. The summed E-state index contributed by atoms with van der Waals surface area (Å²) >= 11 is 0. The Hall–Kier alpha value is -1.46. The molecule has 0 spiro atoms. The van der Waals surface area contributed by atoms with Crippen molar-refractivity contribution in [3.05, 3.63) is 23.8 Å². The second kappa shape index (κ2) is 6.81. The molecule has 3 N–H and O–H groups in total. The van der Waals surface area contributed by atoms with Gasteiger partial charge in [0.2, 0.25) is 12.7 Å². The van der Waals surface area contributed by atoms with Gasteiger partial charge in [0.05, 0.1) is 0 Å². The highest BCUT2D eigenvalue weighted by molar-refractivity contribution is 5.85. The smallest absolute Gasteiger partial charge is 0.231 e. The Morgan fingerprint density at radius 3 is 2.75 bits per heavy atom. The number of hydrogen-bond acceptors (Lipinski definition) is 4. The summed E-state index contributed by atoms with van der Waals surface area (Å²) in [6.07, 6.45) is 0.358. The van der Waals surface area contributed by atoms with Crippen LogP contribution in [0.3, 0.4) is 0 Å². The molecule has 112 valence electrons. The monoisotopic (exact) mass is 300 g/mol. The van der Waals surface area contributed by atoms with E-state index in [1.165, 1.54) is 0 Å². The summed E-state index contributed by atoms with van der Waals surface area (Å²) in [5, 5.41) is 2.90. The van der Waals surface area contributed by atoms with Gasteiger partial charge in [0, 0.05) is 24.9 Å². The number of hydrogen-bond donors (Lipinski definition) is 2. The van der Waals surface area contributed by atoms with Crippen molar-refractivity contribution in [3.8, 4) is 11.5 Å². The van der Waals surface area contributed by atoms with Crippen LogP contribution in [-0.4, -0.2) is 25.8 Å². The maximum atomic E-state index is 11.5. The molecule has 20 heavy (non-hydrogen) atoms. The van der Waals surface area contributed by atoms with Gasteiger partial charge in [0.25, 0.3) is 0 Å². The van der Waals surface area contributed by atoms with E-state index in [1.807, 2.05) is 18.2 Å². The Bertz CT molecular complexity index is 477. The first-order valence-electron chi connectivity index (χ1n) is 6.40. The minimum Gasteiger partial charge on any atom is -0.454 e. The van der Waals surface area contributed by atoms with E-state index in [-0.39, 0.29) is 30.5 Å². The lowest BCUT2D eigenvalue weighted by atomic mass is 9.84. The summed E-state index contributed by atoms with van der Waals surface area (Å²) in [6, 6.07) is 5.88. The average Bonchev–Trinajstić information content (AvgIpc) is 2.84. The molecule has 0 aromatic heterocycles. The van der Waals surface area contributed by atoms with Crippen LogP contribution in [0.25, 0.3) is 0 Å². The van der Waals surface area contributed by atoms with Gasteiger partial charge >= 0.3 is 0 Å². The van der Waals surface area contributed by atoms with Crippen molar-refractivity contribution < 1.29 is 14.3 Å². The van der Waals surface area contributed by atoms with Gasteiger partial charge in [-0.2, -0.15) is 0 Å². The van der Waals surface area contributed by atoms with Crippen LogP contribution in [0.4, 0.5) is 0 Å². The van der Waals surface area contributed by atoms with Gasteiger partial charge in [-0.3, -0.25) is 4.79 Å². The van der Waals surface area contributed by atoms with Gasteiger partial charge < -0.3 is 20.5 Å². The third-order valence-electron chi connectivity index (χ3n) is 3.25. The number of nitrogens with one attached hydrogen (secondary N) is 1. The van der Waals surface area contributed by atoms with Crippen molar-refractivity contribution in [1.82, 2.24) is 5.32 Å². The topological polar surface area (TPSA) is 73.6 Å². The fourth-order valence-electron chi connectivity index (χ4n) is 1.96. The van der Waals surface area contributed by atoms with E-state index in [4.69, 9.17) is 15.2 Å². The summed E-state index contributed by atoms with van der Waals surface area (Å²) < 4.78 is 10.7. The minimum atomic E-state index is -0.175. The van der Waals surface area contributed by atoms with E-state index >= 15 is 0 Å². The lowest BCUT2D eigenvalue weighted by molar-refractivity contribution is -0.121. The van der Waals surface area contributed by atoms with Gasteiger partial charge in [0.15, 0.2) is 11.5 Å². The number of rotatable bonds is 5. The Morgan fingerprint density at radius 1 is 1.35 bits per heavy atom. The predicted molar refractivity (Wildman–Crippen MR) is 79.5 cm³/mol. The molecule has 1 aliphatic rings. The predicted octanol–water partition coefficient (Wildman–Crippen LogP) is 1.58. The molecule has 0 bridgehead atoms. The molecule has 0 radical (unpaired) electrons. The molecule has 1 amide bonds. The van der Waals surface area contributed by atoms with E-state index in [0.717, 1.165) is 17.1 Å². The van der Waals surface area contributed by atoms with Gasteiger partial charge in [-0.05, 0) is 17.7 Å². The Kier molecular flexibility index (Phi) is 5.65. The van der Waals surface area contributed by atoms with Crippen LogP contribution in [0.5, 0.6) is 11.5 Å². The van der Waals surface area contributed by atoms with Crippen LogP contribution in [0.15, 0.2) is 18.2 Å². The van der Waals surface area contributed by atoms with Gasteiger partial charge in [-0.15, -0.1) is 12.4 Å². The Labute approximate surface area is 125 Å². The molecule has 0 atom stereocenters. The van der Waals surface area contributed by atoms with Crippen LogP contribution in [0.1, 0.15) is 25.8 Å². The number of carbonyl (C=O) groups is 1. The number of amides is 1. The average molecular weight is 301 g/mol. The fourth-order valence-corrected chi connectivity index (χ4v) is 1.96. The first kappa shape index (κ1) is 16.6. The van der Waals surface area contributed by atoms with Crippen molar-refractivity contribution in [2.45, 2.75) is 25.7 Å². The molecule has 1 aliphatic heterocycles. The van der Waals surface area contributed by atoms with E-state index in [2.05, 4.69) is 19.2 Å². The molecular formula is C14H21ClN2O3. The highest BCUT2D eigenvalue weighted by atomic mass is 35.5. The molecule has 6 heteroatoms. The molecule has 1 heterocycles. The van der Waals surface area contributed by atoms with Crippen molar-refractivity contribution >= 4 is 18.3 Å². The molecular weight excluding hydrogens is 280 g/mol. The molecule has 1 aromatic carbocycles. The standard InChI is InChI=1S/C14H20N2O3.ClH/c1-14(2,8-16-13(17)5-6-15)10-3-4-11-12(7-10)19-9-18-11;/h3-4,7H,5-6,8-9,15H2,1-2H3,(H,16,17);1H. The van der Waals surface area contributed by atoms with Gasteiger partial charge in [0.1, 0.15) is 0 Å². The quantitative estimate of drug-likeness (QED) is 0.866. The van der Waals surface area contributed by atoms with Crippen LogP contribution >= 0.6 is 12.4 Å². The van der Waals surface area contributed by atoms with E-state index in [9.17, 15) is 4.79 Å². The molecule has 5 nitrogen and oxygen atoms in total. The molecule has 1 aromatic rings. The van der Waals surface area contributed by atoms with Crippen molar-refractivity contribution in [3.63, 3.8) is 0 Å². The Balaban J connectivity index is 0.00000200. The number of nitrogens with two attached hydrogens (primary N) is 1. The fraction of sp³-hybridized carbons (Fsp3) is 0.500. The van der Waals surface area contributed by atoms with Crippen LogP contribution in [0.2, 0.25) is 0 Å². The molecule has 0 saturated carbocycles. The van der Waals surface area contributed by atoms with Crippen molar-refractivity contribution in [2.24, 2.45) is 5.73 Å². The normalized spacial score (nSPS) is 12.8. The minimum absolute atomic E-state index is 0. The highest BCUT2D eigenvalue weighted by Crippen LogP contribution is 2.36. The number of carbonyl (C=O) groups excluding carboxylic acids is 1. The third-order valence-corrected chi connectivity index (χ3v) is 3.25. The summed E-state index contributed by atoms with van der Waals surface area (Å²) in [4.78, 5) is 11.5. The first-order chi connectivity index (χ1) is 9.03. The van der Waals surface area contributed by atoms with E-state index < -0.39 is 0 Å². The number of benzene rings is 1. The van der Waals surface area contributed by atoms with Crippen molar-refractivity contribution in [2.75, 3.05) is 19.9 Å². The summed E-state index contributed by atoms with van der Waals surface area (Å²) in [7, 11) is 0. The lowest BCUT2D eigenvalue weighted by Gasteiger charge is -2.26. The van der Waals surface area contributed by atoms with Crippen LogP contribution in [-0.2, 0) is 10.2 Å².